The summed E-state index contributed by atoms with van der Waals surface area (Å²) in [6.45, 7) is 0.564. The van der Waals surface area contributed by atoms with Gasteiger partial charge >= 0.3 is 0 Å². The molecule has 0 radical (unpaired) electrons. The third-order valence-corrected chi connectivity index (χ3v) is 8.32. The van der Waals surface area contributed by atoms with Crippen LogP contribution in [0.2, 0.25) is 0 Å². The van der Waals surface area contributed by atoms with Crippen LogP contribution in [-0.4, -0.2) is 26.4 Å². The molecule has 4 nitrogen and oxygen atoms in total. The molecule has 0 unspecified atom stereocenters. The zero-order valence-corrected chi connectivity index (χ0v) is 16.7. The van der Waals surface area contributed by atoms with Crippen molar-refractivity contribution in [1.29, 1.82) is 0 Å². The average molecular weight is 430 g/mol. The molecule has 0 aliphatic carbocycles. The number of thiophene rings is 1. The smallest absolute Gasteiger partial charge is 0.253 e. The number of hydrogen-bond acceptors (Lipinski definition) is 4. The zero-order chi connectivity index (χ0) is 17.2. The summed E-state index contributed by atoms with van der Waals surface area (Å²) in [7, 11) is -1.86. The van der Waals surface area contributed by atoms with Crippen LogP contribution in [0.1, 0.15) is 37.3 Å². The Labute approximate surface area is 155 Å². The standard InChI is InChI=1S/C17H20BrNO3S2/c1-22-14-8-6-13(7-9-14)15-5-3-2-4-12-19(15)24(20,21)17-11-10-16(18)23-17/h6-11,15H,2-5,12H2,1H3/t15-/m0/s1. The Bertz CT molecular complexity index is 786. The Balaban J connectivity index is 1.98. The molecule has 24 heavy (non-hydrogen) atoms. The second kappa shape index (κ2) is 7.56. The summed E-state index contributed by atoms with van der Waals surface area (Å²) in [5, 5.41) is 0. The molecule has 1 aromatic heterocycles. The minimum absolute atomic E-state index is 0.121. The highest BCUT2D eigenvalue weighted by atomic mass is 79.9. The lowest BCUT2D eigenvalue weighted by Gasteiger charge is -2.29. The lowest BCUT2D eigenvalue weighted by molar-refractivity contribution is 0.329. The van der Waals surface area contributed by atoms with Gasteiger partial charge in [0.25, 0.3) is 10.0 Å². The van der Waals surface area contributed by atoms with Crippen LogP contribution >= 0.6 is 27.3 Å². The molecule has 1 saturated heterocycles. The maximum atomic E-state index is 13.2. The molecule has 0 N–H and O–H groups in total. The van der Waals surface area contributed by atoms with Gasteiger partial charge in [-0.3, -0.25) is 0 Å². The number of ether oxygens (including phenoxy) is 1. The fourth-order valence-electron chi connectivity index (χ4n) is 3.08. The van der Waals surface area contributed by atoms with Crippen LogP contribution in [0.3, 0.4) is 0 Å². The summed E-state index contributed by atoms with van der Waals surface area (Å²) in [5.41, 5.74) is 1.02. The Hall–Kier alpha value is -0.890. The van der Waals surface area contributed by atoms with E-state index in [0.717, 1.165) is 40.8 Å². The fraction of sp³-hybridized carbons (Fsp3) is 0.412. The van der Waals surface area contributed by atoms with E-state index in [-0.39, 0.29) is 6.04 Å². The third-order valence-electron chi connectivity index (χ3n) is 4.32. The van der Waals surface area contributed by atoms with Crippen LogP contribution in [0.15, 0.2) is 44.4 Å². The first-order valence-corrected chi connectivity index (χ1v) is 11.0. The maximum Gasteiger partial charge on any atom is 0.253 e. The molecule has 7 heteroatoms. The van der Waals surface area contributed by atoms with E-state index >= 15 is 0 Å². The average Bonchev–Trinajstić information content (AvgIpc) is 2.88. The largest absolute Gasteiger partial charge is 0.497 e. The van der Waals surface area contributed by atoms with Crippen molar-refractivity contribution in [3.05, 3.63) is 45.7 Å². The van der Waals surface area contributed by atoms with E-state index in [2.05, 4.69) is 15.9 Å². The molecule has 3 rings (SSSR count). The molecular weight excluding hydrogens is 410 g/mol. The molecule has 130 valence electrons. The highest BCUT2D eigenvalue weighted by Crippen LogP contribution is 2.37. The minimum Gasteiger partial charge on any atom is -0.497 e. The monoisotopic (exact) mass is 429 g/mol. The summed E-state index contributed by atoms with van der Waals surface area (Å²) in [5.74, 6) is 0.781. The SMILES string of the molecule is COc1ccc([C@@H]2CCCCCN2S(=O)(=O)c2ccc(Br)s2)cc1. The van der Waals surface area contributed by atoms with E-state index in [1.165, 1.54) is 11.3 Å². The van der Waals surface area contributed by atoms with Crippen LogP contribution in [0.25, 0.3) is 0 Å². The second-order valence-corrected chi connectivity index (χ2v) is 10.4. The summed E-state index contributed by atoms with van der Waals surface area (Å²) >= 11 is 4.63. The highest BCUT2D eigenvalue weighted by molar-refractivity contribution is 9.11. The lowest BCUT2D eigenvalue weighted by Crippen LogP contribution is -2.34. The van der Waals surface area contributed by atoms with Gasteiger partial charge in [-0.05, 0) is 58.6 Å². The Morgan fingerprint density at radius 2 is 1.88 bits per heavy atom. The van der Waals surface area contributed by atoms with Gasteiger partial charge in [0.05, 0.1) is 16.9 Å². The molecule has 1 aliphatic rings. The Morgan fingerprint density at radius 3 is 2.50 bits per heavy atom. The zero-order valence-electron chi connectivity index (χ0n) is 13.4. The quantitative estimate of drug-likeness (QED) is 0.699. The number of nitrogens with zero attached hydrogens (tertiary/aromatic N) is 1. The van der Waals surface area contributed by atoms with Gasteiger partial charge in [0.15, 0.2) is 0 Å². The van der Waals surface area contributed by atoms with Crippen molar-refractivity contribution < 1.29 is 13.2 Å². The number of methoxy groups -OCH3 is 1. The normalized spacial score (nSPS) is 19.8. The van der Waals surface area contributed by atoms with Crippen molar-refractivity contribution in [3.63, 3.8) is 0 Å². The van der Waals surface area contributed by atoms with Gasteiger partial charge < -0.3 is 4.74 Å². The van der Waals surface area contributed by atoms with Crippen molar-refractivity contribution in [1.82, 2.24) is 4.31 Å². The number of hydrogen-bond donors (Lipinski definition) is 0. The molecule has 1 aliphatic heterocycles. The first-order valence-electron chi connectivity index (χ1n) is 7.93. The topological polar surface area (TPSA) is 46.6 Å². The number of sulfonamides is 1. The van der Waals surface area contributed by atoms with Gasteiger partial charge in [0.2, 0.25) is 0 Å². The van der Waals surface area contributed by atoms with E-state index in [9.17, 15) is 8.42 Å². The van der Waals surface area contributed by atoms with Gasteiger partial charge in [-0.15, -0.1) is 11.3 Å². The van der Waals surface area contributed by atoms with E-state index in [0.29, 0.717) is 10.8 Å². The molecule has 1 aromatic carbocycles. The molecule has 0 saturated carbocycles. The maximum absolute atomic E-state index is 13.2. The summed E-state index contributed by atoms with van der Waals surface area (Å²) in [6, 6.07) is 11.1. The van der Waals surface area contributed by atoms with Gasteiger partial charge in [-0.1, -0.05) is 25.0 Å². The van der Waals surface area contributed by atoms with Crippen LogP contribution in [0.5, 0.6) is 5.75 Å². The van der Waals surface area contributed by atoms with Crippen LogP contribution < -0.4 is 4.74 Å². The number of benzene rings is 1. The summed E-state index contributed by atoms with van der Waals surface area (Å²) in [6.07, 6.45) is 3.85. The molecule has 1 atom stereocenters. The first kappa shape index (κ1) is 17.9. The molecule has 2 heterocycles. The highest BCUT2D eigenvalue weighted by Gasteiger charge is 2.34. The summed E-state index contributed by atoms with van der Waals surface area (Å²) in [4.78, 5) is 0. The first-order chi connectivity index (χ1) is 11.5. The summed E-state index contributed by atoms with van der Waals surface area (Å²) < 4.78 is 34.4. The molecular formula is C17H20BrNO3S2. The van der Waals surface area contributed by atoms with Gasteiger partial charge in [-0.25, -0.2) is 8.42 Å². The minimum atomic E-state index is -3.49. The van der Waals surface area contributed by atoms with Gasteiger partial charge in [0, 0.05) is 6.54 Å². The van der Waals surface area contributed by atoms with E-state index in [1.54, 1.807) is 23.5 Å². The van der Waals surface area contributed by atoms with E-state index in [1.807, 2.05) is 24.3 Å². The molecule has 0 amide bonds. The molecule has 2 aromatic rings. The van der Waals surface area contributed by atoms with Crippen LogP contribution in [0, 0.1) is 0 Å². The van der Waals surface area contributed by atoms with Crippen molar-refractivity contribution in [2.45, 2.75) is 35.9 Å². The number of rotatable bonds is 4. The van der Waals surface area contributed by atoms with Crippen molar-refractivity contribution in [2.75, 3.05) is 13.7 Å². The van der Waals surface area contributed by atoms with Crippen molar-refractivity contribution in [2.24, 2.45) is 0 Å². The molecule has 0 spiro atoms. The van der Waals surface area contributed by atoms with Crippen LogP contribution in [-0.2, 0) is 10.0 Å². The predicted octanol–water partition coefficient (Wildman–Crippen LogP) is 4.83. The van der Waals surface area contributed by atoms with Crippen molar-refractivity contribution >= 4 is 37.3 Å². The van der Waals surface area contributed by atoms with Gasteiger partial charge in [-0.2, -0.15) is 4.31 Å². The number of halogens is 1. The fourth-order valence-corrected chi connectivity index (χ4v) is 6.90. The van der Waals surface area contributed by atoms with E-state index < -0.39 is 10.0 Å². The lowest BCUT2D eigenvalue weighted by atomic mass is 10.0. The molecule has 1 fully saturated rings. The predicted molar refractivity (Wildman–Crippen MR) is 100 cm³/mol. The van der Waals surface area contributed by atoms with Crippen molar-refractivity contribution in [3.8, 4) is 5.75 Å². The van der Waals surface area contributed by atoms with Gasteiger partial charge in [0.1, 0.15) is 9.96 Å². The third kappa shape index (κ3) is 3.69. The van der Waals surface area contributed by atoms with Crippen LogP contribution in [0.4, 0.5) is 0 Å². The second-order valence-electron chi connectivity index (χ2n) is 5.81. The van der Waals surface area contributed by atoms with E-state index in [4.69, 9.17) is 4.74 Å². The Kier molecular flexibility index (Phi) is 5.64. The molecule has 0 bridgehead atoms. The Morgan fingerprint density at radius 1 is 1.12 bits per heavy atom.